The van der Waals surface area contributed by atoms with Crippen LogP contribution in [0.3, 0.4) is 0 Å². The quantitative estimate of drug-likeness (QED) is 0.379. The minimum absolute atomic E-state index is 0.390. The van der Waals surface area contributed by atoms with E-state index < -0.39 is 5.67 Å². The second kappa shape index (κ2) is 10.0. The molecule has 2 fully saturated rings. The molecule has 0 aromatic carbocycles. The van der Waals surface area contributed by atoms with Crippen molar-refractivity contribution in [1.29, 1.82) is 0 Å². The lowest BCUT2D eigenvalue weighted by Crippen LogP contribution is -2.39. The van der Waals surface area contributed by atoms with Crippen molar-refractivity contribution in [2.24, 2.45) is 17.8 Å². The van der Waals surface area contributed by atoms with E-state index in [1.807, 2.05) is 0 Å². The van der Waals surface area contributed by atoms with Gasteiger partial charge in [-0.3, -0.25) is 0 Å². The molecule has 0 spiro atoms. The molecule has 23 heavy (non-hydrogen) atoms. The fourth-order valence-corrected chi connectivity index (χ4v) is 5.27. The number of halogens is 1. The molecule has 0 nitrogen and oxygen atoms in total. The van der Waals surface area contributed by atoms with Crippen LogP contribution in [-0.2, 0) is 0 Å². The minimum atomic E-state index is -0.796. The first kappa shape index (κ1) is 19.3. The van der Waals surface area contributed by atoms with E-state index in [0.29, 0.717) is 5.92 Å². The highest BCUT2D eigenvalue weighted by molar-refractivity contribution is 4.93. The molecule has 2 saturated carbocycles. The van der Waals surface area contributed by atoms with E-state index in [1.54, 1.807) is 0 Å². The van der Waals surface area contributed by atoms with Crippen molar-refractivity contribution in [3.8, 4) is 0 Å². The maximum Gasteiger partial charge on any atom is 0.113 e. The molecule has 0 aromatic rings. The summed E-state index contributed by atoms with van der Waals surface area (Å²) in [7, 11) is 0. The zero-order valence-electron chi connectivity index (χ0n) is 15.9. The van der Waals surface area contributed by atoms with Crippen LogP contribution in [0, 0.1) is 17.8 Å². The van der Waals surface area contributed by atoms with E-state index in [-0.39, 0.29) is 0 Å². The summed E-state index contributed by atoms with van der Waals surface area (Å²) in [5, 5.41) is 0. The van der Waals surface area contributed by atoms with Gasteiger partial charge in [-0.05, 0) is 56.3 Å². The van der Waals surface area contributed by atoms with Crippen molar-refractivity contribution >= 4 is 0 Å². The molecule has 136 valence electrons. The number of hydrogen-bond acceptors (Lipinski definition) is 0. The van der Waals surface area contributed by atoms with Crippen LogP contribution in [0.5, 0.6) is 0 Å². The van der Waals surface area contributed by atoms with Gasteiger partial charge in [0.2, 0.25) is 0 Å². The van der Waals surface area contributed by atoms with Gasteiger partial charge in [0.25, 0.3) is 0 Å². The number of hydrogen-bond donors (Lipinski definition) is 0. The van der Waals surface area contributed by atoms with Crippen LogP contribution in [0.25, 0.3) is 0 Å². The second-order valence-electron chi connectivity index (χ2n) is 8.69. The Kier molecular flexibility index (Phi) is 8.41. The van der Waals surface area contributed by atoms with Gasteiger partial charge >= 0.3 is 0 Å². The molecule has 1 heteroatoms. The molecule has 2 aliphatic rings. The van der Waals surface area contributed by atoms with Gasteiger partial charge in [0.05, 0.1) is 0 Å². The van der Waals surface area contributed by atoms with E-state index >= 15 is 4.39 Å². The SMILES string of the molecule is CCCCCCC[C@H]1CC[C@](F)(C2CCC(CCC)CC2)CC1. The summed E-state index contributed by atoms with van der Waals surface area (Å²) >= 11 is 0. The molecule has 0 aliphatic heterocycles. The third-order valence-electron chi connectivity index (χ3n) is 6.93. The Balaban J connectivity index is 1.64. The highest BCUT2D eigenvalue weighted by Crippen LogP contribution is 2.47. The van der Waals surface area contributed by atoms with E-state index in [1.165, 1.54) is 89.9 Å². The molecular formula is C22H41F. The Morgan fingerprint density at radius 2 is 1.30 bits per heavy atom. The number of rotatable bonds is 9. The maximum absolute atomic E-state index is 15.4. The summed E-state index contributed by atoms with van der Waals surface area (Å²) in [6.45, 7) is 4.56. The van der Waals surface area contributed by atoms with E-state index in [4.69, 9.17) is 0 Å². The molecule has 0 unspecified atom stereocenters. The topological polar surface area (TPSA) is 0 Å². The Labute approximate surface area is 145 Å². The summed E-state index contributed by atoms with van der Waals surface area (Å²) in [6, 6.07) is 0. The summed E-state index contributed by atoms with van der Waals surface area (Å²) < 4.78 is 15.4. The van der Waals surface area contributed by atoms with E-state index in [2.05, 4.69) is 13.8 Å². The summed E-state index contributed by atoms with van der Waals surface area (Å²) in [5.41, 5.74) is -0.796. The maximum atomic E-state index is 15.4. The van der Waals surface area contributed by atoms with Crippen LogP contribution in [-0.4, -0.2) is 5.67 Å². The molecule has 0 heterocycles. The van der Waals surface area contributed by atoms with Gasteiger partial charge in [-0.1, -0.05) is 78.1 Å². The Bertz CT molecular complexity index is 295. The molecule has 0 atom stereocenters. The lowest BCUT2D eigenvalue weighted by Gasteiger charge is -2.42. The van der Waals surface area contributed by atoms with Crippen molar-refractivity contribution in [3.63, 3.8) is 0 Å². The van der Waals surface area contributed by atoms with Crippen LogP contribution < -0.4 is 0 Å². The van der Waals surface area contributed by atoms with Crippen LogP contribution in [0.4, 0.5) is 4.39 Å². The molecule has 0 radical (unpaired) electrons. The lowest BCUT2D eigenvalue weighted by atomic mass is 9.66. The van der Waals surface area contributed by atoms with Gasteiger partial charge in [0, 0.05) is 0 Å². The molecule has 2 rings (SSSR count). The lowest BCUT2D eigenvalue weighted by molar-refractivity contribution is -0.00289. The van der Waals surface area contributed by atoms with Crippen molar-refractivity contribution in [3.05, 3.63) is 0 Å². The van der Waals surface area contributed by atoms with Gasteiger partial charge in [-0.2, -0.15) is 0 Å². The molecule has 0 amide bonds. The highest BCUT2D eigenvalue weighted by Gasteiger charge is 2.43. The molecular weight excluding hydrogens is 283 g/mol. The van der Waals surface area contributed by atoms with Crippen molar-refractivity contribution < 1.29 is 4.39 Å². The van der Waals surface area contributed by atoms with Gasteiger partial charge in [-0.15, -0.1) is 0 Å². The Hall–Kier alpha value is -0.0700. The molecule has 0 saturated heterocycles. The third kappa shape index (κ3) is 6.05. The van der Waals surface area contributed by atoms with Crippen LogP contribution >= 0.6 is 0 Å². The standard InChI is InChI=1S/C22H41F/c1-3-5-6-7-8-10-20-15-17-22(23,18-16-20)21-13-11-19(9-4-2)12-14-21/h19-21H,3-18H2,1-2H3/t19?,20-,21?,22+. The second-order valence-corrected chi connectivity index (χ2v) is 8.69. The summed E-state index contributed by atoms with van der Waals surface area (Å²) in [6.07, 6.45) is 19.9. The van der Waals surface area contributed by atoms with Crippen molar-refractivity contribution in [2.75, 3.05) is 0 Å². The molecule has 0 aromatic heterocycles. The first-order valence-corrected chi connectivity index (χ1v) is 10.9. The predicted octanol–water partition coefficient (Wildman–Crippen LogP) is 7.85. The van der Waals surface area contributed by atoms with Gasteiger partial charge in [0.15, 0.2) is 0 Å². The van der Waals surface area contributed by atoms with Gasteiger partial charge < -0.3 is 0 Å². The summed E-state index contributed by atoms with van der Waals surface area (Å²) in [4.78, 5) is 0. The molecule has 2 aliphatic carbocycles. The zero-order chi connectivity index (χ0) is 16.5. The van der Waals surface area contributed by atoms with Crippen molar-refractivity contribution in [1.82, 2.24) is 0 Å². The number of unbranched alkanes of at least 4 members (excludes halogenated alkanes) is 4. The summed E-state index contributed by atoms with van der Waals surface area (Å²) in [5.74, 6) is 2.12. The Morgan fingerprint density at radius 3 is 1.91 bits per heavy atom. The van der Waals surface area contributed by atoms with Gasteiger partial charge in [-0.25, -0.2) is 4.39 Å². The fraction of sp³-hybridized carbons (Fsp3) is 1.00. The Morgan fingerprint density at radius 1 is 0.696 bits per heavy atom. The van der Waals surface area contributed by atoms with Crippen LogP contribution in [0.1, 0.15) is 117 Å². The van der Waals surface area contributed by atoms with Crippen molar-refractivity contribution in [2.45, 2.75) is 122 Å². The smallest absolute Gasteiger partial charge is 0.113 e. The predicted molar refractivity (Wildman–Crippen MR) is 99.5 cm³/mol. The highest BCUT2D eigenvalue weighted by atomic mass is 19.1. The van der Waals surface area contributed by atoms with E-state index in [0.717, 1.165) is 24.7 Å². The third-order valence-corrected chi connectivity index (χ3v) is 6.93. The molecule has 0 bridgehead atoms. The first-order valence-electron chi connectivity index (χ1n) is 10.9. The van der Waals surface area contributed by atoms with E-state index in [9.17, 15) is 0 Å². The monoisotopic (exact) mass is 324 g/mol. The average Bonchev–Trinajstić information content (AvgIpc) is 2.57. The minimum Gasteiger partial charge on any atom is -0.244 e. The average molecular weight is 325 g/mol. The number of alkyl halides is 1. The fourth-order valence-electron chi connectivity index (χ4n) is 5.27. The normalized spacial score (nSPS) is 35.3. The molecule has 0 N–H and O–H groups in total. The first-order chi connectivity index (χ1) is 11.2. The zero-order valence-corrected chi connectivity index (χ0v) is 15.9. The largest absolute Gasteiger partial charge is 0.244 e. The van der Waals surface area contributed by atoms with Crippen LogP contribution in [0.2, 0.25) is 0 Å². The van der Waals surface area contributed by atoms with Crippen LogP contribution in [0.15, 0.2) is 0 Å². The van der Waals surface area contributed by atoms with Gasteiger partial charge in [0.1, 0.15) is 5.67 Å².